The van der Waals surface area contributed by atoms with Gasteiger partial charge in [-0.3, -0.25) is 4.79 Å². The first kappa shape index (κ1) is 16.0. The molecule has 0 aliphatic rings. The summed E-state index contributed by atoms with van der Waals surface area (Å²) in [6.45, 7) is 1.87. The molecule has 3 rings (SSSR count). The zero-order valence-electron chi connectivity index (χ0n) is 11.9. The van der Waals surface area contributed by atoms with Crippen LogP contribution in [-0.4, -0.2) is 26.8 Å². The fourth-order valence-corrected chi connectivity index (χ4v) is 3.06. The fraction of sp³-hybridized carbons (Fsp3) is 0.143. The maximum atomic E-state index is 11.8. The van der Waals surface area contributed by atoms with Gasteiger partial charge in [-0.1, -0.05) is 23.4 Å². The number of halogens is 1. The van der Waals surface area contributed by atoms with Gasteiger partial charge in [0, 0.05) is 16.0 Å². The Bertz CT molecular complexity index is 816. The van der Waals surface area contributed by atoms with Crippen LogP contribution in [0, 0.1) is 6.92 Å². The molecular formula is C14H11ClN4O2S2. The first-order valence-corrected chi connectivity index (χ1v) is 8.79. The summed E-state index contributed by atoms with van der Waals surface area (Å²) in [4.78, 5) is 16.0. The monoisotopic (exact) mass is 366 g/mol. The number of nitrogens with one attached hydrogen (secondary N) is 1. The minimum Gasteiger partial charge on any atom is -0.411 e. The smallest absolute Gasteiger partial charge is 0.277 e. The lowest BCUT2D eigenvalue weighted by Crippen LogP contribution is -2.13. The molecule has 3 aromatic rings. The number of carbonyl (C=O) groups is 1. The van der Waals surface area contributed by atoms with Gasteiger partial charge in [0.15, 0.2) is 5.13 Å². The van der Waals surface area contributed by atoms with Crippen LogP contribution in [0.25, 0.3) is 11.5 Å². The summed E-state index contributed by atoms with van der Waals surface area (Å²) in [5.41, 5.74) is 1.65. The van der Waals surface area contributed by atoms with Crippen LogP contribution in [0.15, 0.2) is 39.3 Å². The molecule has 0 saturated carbocycles. The molecule has 0 aliphatic heterocycles. The topological polar surface area (TPSA) is 80.9 Å². The molecule has 23 heavy (non-hydrogen) atoms. The highest BCUT2D eigenvalue weighted by atomic mass is 35.5. The maximum absolute atomic E-state index is 11.8. The first-order chi connectivity index (χ1) is 11.1. The van der Waals surface area contributed by atoms with Crippen molar-refractivity contribution >= 4 is 45.7 Å². The van der Waals surface area contributed by atoms with Crippen molar-refractivity contribution in [2.45, 2.75) is 12.1 Å². The molecule has 118 valence electrons. The highest BCUT2D eigenvalue weighted by molar-refractivity contribution is 7.99. The molecule has 0 aliphatic carbocycles. The Morgan fingerprint density at radius 3 is 2.83 bits per heavy atom. The number of aromatic nitrogens is 3. The van der Waals surface area contributed by atoms with Crippen molar-refractivity contribution in [1.29, 1.82) is 0 Å². The highest BCUT2D eigenvalue weighted by Crippen LogP contribution is 2.24. The molecule has 0 spiro atoms. The van der Waals surface area contributed by atoms with Crippen molar-refractivity contribution in [1.82, 2.24) is 15.2 Å². The summed E-state index contributed by atoms with van der Waals surface area (Å²) in [7, 11) is 0. The predicted molar refractivity (Wildman–Crippen MR) is 90.9 cm³/mol. The summed E-state index contributed by atoms with van der Waals surface area (Å²) in [6.07, 6.45) is 0. The zero-order chi connectivity index (χ0) is 16.2. The molecule has 1 N–H and O–H groups in total. The third kappa shape index (κ3) is 4.31. The van der Waals surface area contributed by atoms with Crippen molar-refractivity contribution in [3.63, 3.8) is 0 Å². The average molecular weight is 367 g/mol. The van der Waals surface area contributed by atoms with E-state index >= 15 is 0 Å². The van der Waals surface area contributed by atoms with Crippen LogP contribution in [0.3, 0.4) is 0 Å². The number of hydrogen-bond acceptors (Lipinski definition) is 7. The molecule has 2 heterocycles. The Morgan fingerprint density at radius 2 is 2.13 bits per heavy atom. The van der Waals surface area contributed by atoms with Gasteiger partial charge < -0.3 is 9.73 Å². The van der Waals surface area contributed by atoms with Crippen LogP contribution in [0.2, 0.25) is 5.02 Å². The molecule has 0 unspecified atom stereocenters. The number of rotatable bonds is 5. The van der Waals surface area contributed by atoms with Gasteiger partial charge in [-0.15, -0.1) is 21.5 Å². The lowest BCUT2D eigenvalue weighted by atomic mass is 10.2. The number of benzene rings is 1. The second-order valence-corrected chi connectivity index (χ2v) is 6.73. The van der Waals surface area contributed by atoms with Gasteiger partial charge in [0.1, 0.15) is 0 Å². The van der Waals surface area contributed by atoms with E-state index in [2.05, 4.69) is 20.5 Å². The van der Waals surface area contributed by atoms with Crippen LogP contribution in [0.4, 0.5) is 5.13 Å². The van der Waals surface area contributed by atoms with E-state index in [4.69, 9.17) is 16.0 Å². The first-order valence-electron chi connectivity index (χ1n) is 6.54. The summed E-state index contributed by atoms with van der Waals surface area (Å²) < 4.78 is 5.52. The number of thiazole rings is 1. The largest absolute Gasteiger partial charge is 0.411 e. The van der Waals surface area contributed by atoms with Gasteiger partial charge in [-0.05, 0) is 31.2 Å². The van der Waals surface area contributed by atoms with E-state index in [1.807, 2.05) is 12.3 Å². The van der Waals surface area contributed by atoms with Crippen molar-refractivity contribution in [3.8, 4) is 11.5 Å². The second-order valence-electron chi connectivity index (χ2n) is 4.51. The van der Waals surface area contributed by atoms with Gasteiger partial charge in [0.25, 0.3) is 5.22 Å². The average Bonchev–Trinajstić information content (AvgIpc) is 3.15. The van der Waals surface area contributed by atoms with E-state index in [-0.39, 0.29) is 11.7 Å². The Balaban J connectivity index is 1.56. The van der Waals surface area contributed by atoms with Crippen LogP contribution >= 0.6 is 34.7 Å². The zero-order valence-corrected chi connectivity index (χ0v) is 14.3. The minimum absolute atomic E-state index is 0.168. The number of hydrogen-bond donors (Lipinski definition) is 1. The molecule has 2 aromatic heterocycles. The van der Waals surface area contributed by atoms with Crippen molar-refractivity contribution in [3.05, 3.63) is 40.4 Å². The van der Waals surface area contributed by atoms with Crippen molar-refractivity contribution in [2.24, 2.45) is 0 Å². The highest BCUT2D eigenvalue weighted by Gasteiger charge is 2.12. The molecule has 6 nitrogen and oxygen atoms in total. The predicted octanol–water partition coefficient (Wildman–Crippen LogP) is 3.89. The number of amides is 1. The van der Waals surface area contributed by atoms with E-state index in [9.17, 15) is 4.79 Å². The van der Waals surface area contributed by atoms with Gasteiger partial charge in [0.2, 0.25) is 11.8 Å². The third-order valence-corrected chi connectivity index (χ3v) is 4.64. The van der Waals surface area contributed by atoms with Crippen molar-refractivity contribution in [2.75, 3.05) is 11.1 Å². The van der Waals surface area contributed by atoms with Crippen molar-refractivity contribution < 1.29 is 9.21 Å². The van der Waals surface area contributed by atoms with Gasteiger partial charge in [-0.25, -0.2) is 4.98 Å². The van der Waals surface area contributed by atoms with Crippen LogP contribution in [-0.2, 0) is 4.79 Å². The van der Waals surface area contributed by atoms with Crippen LogP contribution < -0.4 is 5.32 Å². The van der Waals surface area contributed by atoms with E-state index in [1.165, 1.54) is 23.1 Å². The maximum Gasteiger partial charge on any atom is 0.277 e. The molecule has 0 saturated heterocycles. The molecule has 0 radical (unpaired) electrons. The summed E-state index contributed by atoms with van der Waals surface area (Å²) in [6, 6.07) is 7.08. The minimum atomic E-state index is -0.171. The molecule has 0 atom stereocenters. The number of aryl methyl sites for hydroxylation is 1. The SMILES string of the molecule is Cc1csc(NC(=O)CSc2nnc(-c3ccc(Cl)cc3)o2)n1. The third-order valence-electron chi connectivity index (χ3n) is 2.69. The van der Waals surface area contributed by atoms with Gasteiger partial charge in [-0.2, -0.15) is 0 Å². The second kappa shape index (κ2) is 7.12. The van der Waals surface area contributed by atoms with Crippen LogP contribution in [0.1, 0.15) is 5.69 Å². The lowest BCUT2D eigenvalue weighted by molar-refractivity contribution is -0.113. The van der Waals surface area contributed by atoms with E-state index in [0.29, 0.717) is 21.3 Å². The fourth-order valence-electron chi connectivity index (χ4n) is 1.67. The number of anilines is 1. The van der Waals surface area contributed by atoms with E-state index < -0.39 is 0 Å². The molecular weight excluding hydrogens is 356 g/mol. The summed E-state index contributed by atoms with van der Waals surface area (Å²) >= 11 is 8.40. The van der Waals surface area contributed by atoms with Crippen LogP contribution in [0.5, 0.6) is 0 Å². The van der Waals surface area contributed by atoms with E-state index in [1.54, 1.807) is 24.3 Å². The molecule has 0 fully saturated rings. The number of carbonyl (C=O) groups excluding carboxylic acids is 1. The number of nitrogens with zero attached hydrogens (tertiary/aromatic N) is 3. The Hall–Kier alpha value is -1.90. The molecule has 0 bridgehead atoms. The normalized spacial score (nSPS) is 10.7. The standard InChI is InChI=1S/C14H11ClN4O2S2/c1-8-6-22-13(16-8)17-11(20)7-23-14-19-18-12(21-14)9-2-4-10(15)5-3-9/h2-6H,7H2,1H3,(H,16,17,20). The van der Waals surface area contributed by atoms with Gasteiger partial charge >= 0.3 is 0 Å². The quantitative estimate of drug-likeness (QED) is 0.690. The van der Waals surface area contributed by atoms with E-state index in [0.717, 1.165) is 11.3 Å². The molecule has 1 amide bonds. The van der Waals surface area contributed by atoms with Gasteiger partial charge in [0.05, 0.1) is 11.4 Å². The summed E-state index contributed by atoms with van der Waals surface area (Å²) in [5.74, 6) is 0.386. The Morgan fingerprint density at radius 1 is 1.35 bits per heavy atom. The summed E-state index contributed by atoms with van der Waals surface area (Å²) in [5, 5.41) is 14.0. The number of thioether (sulfide) groups is 1. The lowest BCUT2D eigenvalue weighted by Gasteiger charge is -1.98. The Labute approximate surface area is 145 Å². The molecule has 9 heteroatoms. The Kier molecular flexibility index (Phi) is 4.94. The molecule has 1 aromatic carbocycles.